The summed E-state index contributed by atoms with van der Waals surface area (Å²) in [7, 11) is 0. The van der Waals surface area contributed by atoms with Crippen molar-refractivity contribution >= 4 is 21.9 Å². The third kappa shape index (κ3) is 1.21. The van der Waals surface area contributed by atoms with Crippen molar-refractivity contribution in [3.05, 3.63) is 34.3 Å². The monoisotopic (exact) mass is 228 g/mol. The lowest BCUT2D eigenvalue weighted by Crippen LogP contribution is -1.79. The van der Waals surface area contributed by atoms with Gasteiger partial charge in [0.15, 0.2) is 11.2 Å². The van der Waals surface area contributed by atoms with Crippen molar-refractivity contribution in [3.8, 4) is 0 Å². The predicted molar refractivity (Wildman–Crippen MR) is 69.7 cm³/mol. The summed E-state index contributed by atoms with van der Waals surface area (Å²) in [5.74, 6) is 1.95. The SMILES string of the molecule is Cc1oc2c(cc(C)c3c(C)c(C)oc32)c1C. The molecular formula is C15H16O2. The summed E-state index contributed by atoms with van der Waals surface area (Å²) >= 11 is 0. The van der Waals surface area contributed by atoms with Crippen LogP contribution in [0, 0.1) is 34.6 Å². The van der Waals surface area contributed by atoms with Crippen LogP contribution in [-0.4, -0.2) is 0 Å². The van der Waals surface area contributed by atoms with Crippen LogP contribution in [0.25, 0.3) is 21.9 Å². The van der Waals surface area contributed by atoms with Gasteiger partial charge in [0.1, 0.15) is 11.5 Å². The molecule has 17 heavy (non-hydrogen) atoms. The van der Waals surface area contributed by atoms with Gasteiger partial charge < -0.3 is 8.83 Å². The zero-order chi connectivity index (χ0) is 12.3. The number of benzene rings is 1. The zero-order valence-electron chi connectivity index (χ0n) is 10.9. The van der Waals surface area contributed by atoms with E-state index in [-0.39, 0.29) is 0 Å². The lowest BCUT2D eigenvalue weighted by Gasteiger charge is -1.98. The first-order chi connectivity index (χ1) is 8.00. The molecule has 0 fully saturated rings. The highest BCUT2D eigenvalue weighted by Crippen LogP contribution is 2.37. The predicted octanol–water partition coefficient (Wildman–Crippen LogP) is 4.72. The van der Waals surface area contributed by atoms with Crippen molar-refractivity contribution in [1.82, 2.24) is 0 Å². The van der Waals surface area contributed by atoms with Crippen molar-refractivity contribution in [2.24, 2.45) is 0 Å². The number of aryl methyl sites for hydroxylation is 5. The van der Waals surface area contributed by atoms with E-state index in [2.05, 4.69) is 26.8 Å². The molecule has 0 saturated heterocycles. The van der Waals surface area contributed by atoms with Crippen LogP contribution in [0.3, 0.4) is 0 Å². The van der Waals surface area contributed by atoms with Gasteiger partial charge in [-0.15, -0.1) is 0 Å². The molecule has 0 N–H and O–H groups in total. The fraction of sp³-hybridized carbons (Fsp3) is 0.333. The minimum atomic E-state index is 0.886. The fourth-order valence-corrected chi connectivity index (χ4v) is 2.54. The maximum Gasteiger partial charge on any atom is 0.177 e. The van der Waals surface area contributed by atoms with E-state index < -0.39 is 0 Å². The summed E-state index contributed by atoms with van der Waals surface area (Å²) in [5.41, 5.74) is 5.46. The topological polar surface area (TPSA) is 26.3 Å². The number of fused-ring (bicyclic) bond motifs is 3. The molecule has 0 spiro atoms. The number of hydrogen-bond acceptors (Lipinski definition) is 2. The minimum absolute atomic E-state index is 0.886. The van der Waals surface area contributed by atoms with Crippen LogP contribution in [0.2, 0.25) is 0 Å². The Morgan fingerprint density at radius 3 is 2.06 bits per heavy atom. The average molecular weight is 228 g/mol. The standard InChI is InChI=1S/C15H16O2/c1-7-6-12-8(2)10(4)16-14(12)15-13(7)9(3)11(5)17-15/h6H,1-5H3. The van der Waals surface area contributed by atoms with Crippen molar-refractivity contribution in [3.63, 3.8) is 0 Å². The first kappa shape index (κ1) is 10.5. The van der Waals surface area contributed by atoms with Crippen molar-refractivity contribution in [1.29, 1.82) is 0 Å². The summed E-state index contributed by atoms with van der Waals surface area (Å²) in [4.78, 5) is 0. The van der Waals surface area contributed by atoms with E-state index in [0.29, 0.717) is 0 Å². The second-order valence-corrected chi connectivity index (χ2v) is 4.84. The molecule has 0 saturated carbocycles. The number of furan rings is 2. The molecule has 3 aromatic rings. The van der Waals surface area contributed by atoms with Gasteiger partial charge in [-0.05, 0) is 57.4 Å². The Balaban J connectivity index is 2.64. The minimum Gasteiger partial charge on any atom is -0.457 e. The molecule has 0 aliphatic rings. The van der Waals surface area contributed by atoms with Crippen molar-refractivity contribution in [2.75, 3.05) is 0 Å². The Kier molecular flexibility index (Phi) is 1.94. The molecule has 2 aromatic heterocycles. The molecular weight excluding hydrogens is 212 g/mol. The van der Waals surface area contributed by atoms with Crippen molar-refractivity contribution < 1.29 is 8.83 Å². The van der Waals surface area contributed by atoms with Crippen LogP contribution in [0.5, 0.6) is 0 Å². The molecule has 2 nitrogen and oxygen atoms in total. The molecule has 2 heteroatoms. The molecule has 1 aromatic carbocycles. The van der Waals surface area contributed by atoms with E-state index in [4.69, 9.17) is 8.83 Å². The van der Waals surface area contributed by atoms with Gasteiger partial charge in [0, 0.05) is 10.8 Å². The Labute approximate surface area is 100 Å². The maximum absolute atomic E-state index is 5.87. The molecule has 0 unspecified atom stereocenters. The van der Waals surface area contributed by atoms with E-state index in [1.54, 1.807) is 0 Å². The molecule has 0 bridgehead atoms. The van der Waals surface area contributed by atoms with Gasteiger partial charge in [-0.3, -0.25) is 0 Å². The first-order valence-electron chi connectivity index (χ1n) is 5.89. The number of rotatable bonds is 0. The third-order valence-electron chi connectivity index (χ3n) is 3.78. The lowest BCUT2D eigenvalue weighted by molar-refractivity contribution is 0.545. The van der Waals surface area contributed by atoms with Crippen LogP contribution >= 0.6 is 0 Å². The zero-order valence-corrected chi connectivity index (χ0v) is 10.9. The van der Waals surface area contributed by atoms with Gasteiger partial charge in [-0.2, -0.15) is 0 Å². The molecule has 0 radical (unpaired) electrons. The highest BCUT2D eigenvalue weighted by Gasteiger charge is 2.17. The van der Waals surface area contributed by atoms with Gasteiger partial charge in [0.05, 0.1) is 0 Å². The van der Waals surface area contributed by atoms with E-state index >= 15 is 0 Å². The Bertz CT molecular complexity index is 742. The molecule has 0 aliphatic carbocycles. The van der Waals surface area contributed by atoms with Gasteiger partial charge in [0.2, 0.25) is 0 Å². The average Bonchev–Trinajstić information content (AvgIpc) is 2.72. The summed E-state index contributed by atoms with van der Waals surface area (Å²) in [6.07, 6.45) is 0. The van der Waals surface area contributed by atoms with E-state index in [1.165, 1.54) is 27.5 Å². The highest BCUT2D eigenvalue weighted by molar-refractivity contribution is 6.05. The normalized spacial score (nSPS) is 11.8. The van der Waals surface area contributed by atoms with Crippen LogP contribution < -0.4 is 0 Å². The van der Waals surface area contributed by atoms with E-state index in [1.807, 2.05) is 13.8 Å². The molecule has 0 atom stereocenters. The first-order valence-corrected chi connectivity index (χ1v) is 5.89. The second kappa shape index (κ2) is 3.16. The van der Waals surface area contributed by atoms with Gasteiger partial charge >= 0.3 is 0 Å². The molecule has 2 heterocycles. The largest absolute Gasteiger partial charge is 0.457 e. The van der Waals surface area contributed by atoms with E-state index in [0.717, 1.165) is 22.7 Å². The lowest BCUT2D eigenvalue weighted by atomic mass is 10.0. The second-order valence-electron chi connectivity index (χ2n) is 4.84. The summed E-state index contributed by atoms with van der Waals surface area (Å²) in [5, 5.41) is 2.37. The maximum atomic E-state index is 5.87. The molecule has 3 rings (SSSR count). The van der Waals surface area contributed by atoms with Crippen LogP contribution in [0.15, 0.2) is 14.9 Å². The molecule has 0 amide bonds. The van der Waals surface area contributed by atoms with E-state index in [9.17, 15) is 0 Å². The van der Waals surface area contributed by atoms with Gasteiger partial charge in [-0.1, -0.05) is 0 Å². The quantitative estimate of drug-likeness (QED) is 0.556. The summed E-state index contributed by atoms with van der Waals surface area (Å²) < 4.78 is 11.7. The smallest absolute Gasteiger partial charge is 0.177 e. The summed E-state index contributed by atoms with van der Waals surface area (Å²) in [6.45, 7) is 10.3. The highest BCUT2D eigenvalue weighted by atomic mass is 16.4. The van der Waals surface area contributed by atoms with Crippen LogP contribution in [0.4, 0.5) is 0 Å². The van der Waals surface area contributed by atoms with Gasteiger partial charge in [-0.25, -0.2) is 0 Å². The Morgan fingerprint density at radius 1 is 0.765 bits per heavy atom. The fourth-order valence-electron chi connectivity index (χ4n) is 2.54. The van der Waals surface area contributed by atoms with Crippen molar-refractivity contribution in [2.45, 2.75) is 34.6 Å². The Morgan fingerprint density at radius 2 is 1.35 bits per heavy atom. The summed E-state index contributed by atoms with van der Waals surface area (Å²) in [6, 6.07) is 2.20. The number of hydrogen-bond donors (Lipinski definition) is 0. The Hall–Kier alpha value is -1.70. The van der Waals surface area contributed by atoms with Gasteiger partial charge in [0.25, 0.3) is 0 Å². The third-order valence-corrected chi connectivity index (χ3v) is 3.78. The van der Waals surface area contributed by atoms with Crippen LogP contribution in [0.1, 0.15) is 28.2 Å². The van der Waals surface area contributed by atoms with Crippen LogP contribution in [-0.2, 0) is 0 Å². The molecule has 0 aliphatic heterocycles. The molecule has 88 valence electrons.